The highest BCUT2D eigenvalue weighted by atomic mass is 28.4. The average Bonchev–Trinajstić information content (AvgIpc) is 2.22. The van der Waals surface area contributed by atoms with E-state index < -0.39 is 8.56 Å². The summed E-state index contributed by atoms with van der Waals surface area (Å²) in [6, 6.07) is 0. The highest BCUT2D eigenvalue weighted by Gasteiger charge is 2.59. The van der Waals surface area contributed by atoms with Crippen molar-refractivity contribution in [2.45, 2.75) is 77.7 Å². The summed E-state index contributed by atoms with van der Waals surface area (Å²) in [5.74, 6) is 0. The molecule has 18 heavy (non-hydrogen) atoms. The van der Waals surface area contributed by atoms with Crippen LogP contribution in [-0.4, -0.2) is 20.3 Å². The van der Waals surface area contributed by atoms with E-state index >= 15 is 0 Å². The summed E-state index contributed by atoms with van der Waals surface area (Å²) in [6.07, 6.45) is 6.41. The number of rotatable bonds is 1. The first kappa shape index (κ1) is 14.3. The molecule has 2 fully saturated rings. The molecule has 2 nitrogen and oxygen atoms in total. The van der Waals surface area contributed by atoms with Crippen molar-refractivity contribution < 1.29 is 8.85 Å². The van der Waals surface area contributed by atoms with Gasteiger partial charge < -0.3 is 8.85 Å². The summed E-state index contributed by atoms with van der Waals surface area (Å²) in [4.78, 5) is 0. The van der Waals surface area contributed by atoms with Gasteiger partial charge in [0.15, 0.2) is 0 Å². The van der Waals surface area contributed by atoms with Gasteiger partial charge in [0.1, 0.15) is 0 Å². The fraction of sp³-hybridized carbons (Fsp3) is 0.867. The molecular weight excluding hydrogens is 240 g/mol. The van der Waals surface area contributed by atoms with E-state index in [0.29, 0.717) is 6.10 Å². The molecule has 3 heteroatoms. The first-order chi connectivity index (χ1) is 8.21. The fourth-order valence-corrected chi connectivity index (χ4v) is 6.37. The van der Waals surface area contributed by atoms with E-state index in [1.165, 1.54) is 31.3 Å². The third-order valence-corrected chi connectivity index (χ3v) is 6.57. The van der Waals surface area contributed by atoms with Gasteiger partial charge in [-0.1, -0.05) is 39.7 Å². The summed E-state index contributed by atoms with van der Waals surface area (Å²) in [7, 11) is -2.03. The van der Waals surface area contributed by atoms with Gasteiger partial charge in [-0.05, 0) is 38.4 Å². The van der Waals surface area contributed by atoms with Crippen LogP contribution in [0.15, 0.2) is 12.2 Å². The molecule has 0 spiro atoms. The van der Waals surface area contributed by atoms with Gasteiger partial charge in [-0.3, -0.25) is 0 Å². The first-order valence-corrected chi connectivity index (χ1v) is 10.1. The van der Waals surface area contributed by atoms with E-state index in [1.807, 2.05) is 0 Å². The Morgan fingerprint density at radius 3 is 2.50 bits per heavy atom. The summed E-state index contributed by atoms with van der Waals surface area (Å²) in [6.45, 7) is 15.4. The number of fused-ring (bicyclic) bond motifs is 2. The minimum atomic E-state index is -2.03. The van der Waals surface area contributed by atoms with Crippen molar-refractivity contribution in [2.24, 2.45) is 5.41 Å². The van der Waals surface area contributed by atoms with E-state index in [1.54, 1.807) is 0 Å². The van der Waals surface area contributed by atoms with E-state index in [4.69, 9.17) is 8.85 Å². The SMILES string of the molecule is C=C(C)[C@]12CCCCC[C@H](O[Si](C)(C)O1)C2(C)C. The second-order valence-electron chi connectivity index (χ2n) is 7.04. The molecule has 0 N–H and O–H groups in total. The molecule has 0 radical (unpaired) electrons. The van der Waals surface area contributed by atoms with Gasteiger partial charge in [0.05, 0.1) is 11.7 Å². The zero-order valence-electron chi connectivity index (χ0n) is 12.6. The molecule has 2 bridgehead atoms. The van der Waals surface area contributed by atoms with Gasteiger partial charge in [-0.2, -0.15) is 0 Å². The molecule has 1 aliphatic heterocycles. The summed E-state index contributed by atoms with van der Waals surface area (Å²) >= 11 is 0. The van der Waals surface area contributed by atoms with Gasteiger partial charge in [-0.25, -0.2) is 0 Å². The van der Waals surface area contributed by atoms with Gasteiger partial charge >= 0.3 is 8.56 Å². The molecule has 0 amide bonds. The minimum absolute atomic E-state index is 0.0295. The Labute approximate surface area is 113 Å². The van der Waals surface area contributed by atoms with Crippen LogP contribution in [0.4, 0.5) is 0 Å². The molecule has 2 aliphatic rings. The second kappa shape index (κ2) is 4.46. The summed E-state index contributed by atoms with van der Waals surface area (Å²) in [5.41, 5.74) is 1.04. The van der Waals surface area contributed by atoms with E-state index in [0.717, 1.165) is 6.42 Å². The Morgan fingerprint density at radius 2 is 1.89 bits per heavy atom. The zero-order chi connectivity index (χ0) is 13.6. The van der Waals surface area contributed by atoms with Crippen molar-refractivity contribution in [3.8, 4) is 0 Å². The van der Waals surface area contributed by atoms with Crippen LogP contribution in [0.25, 0.3) is 0 Å². The van der Waals surface area contributed by atoms with Crippen LogP contribution in [0.5, 0.6) is 0 Å². The molecule has 1 saturated heterocycles. The molecule has 2 atom stereocenters. The maximum Gasteiger partial charge on any atom is 0.332 e. The molecule has 1 saturated carbocycles. The van der Waals surface area contributed by atoms with Crippen LogP contribution in [0.1, 0.15) is 52.9 Å². The topological polar surface area (TPSA) is 18.5 Å². The third-order valence-electron chi connectivity index (χ3n) is 4.88. The third kappa shape index (κ3) is 2.10. The Balaban J connectivity index is 2.48. The quantitative estimate of drug-likeness (QED) is 0.518. The van der Waals surface area contributed by atoms with E-state index in [2.05, 4.69) is 40.4 Å². The molecule has 0 aromatic heterocycles. The van der Waals surface area contributed by atoms with Crippen LogP contribution in [0.2, 0.25) is 13.1 Å². The molecule has 0 aromatic rings. The number of hydrogen-bond donors (Lipinski definition) is 0. The lowest BCUT2D eigenvalue weighted by Gasteiger charge is -2.59. The average molecular weight is 268 g/mol. The molecule has 0 aromatic carbocycles. The monoisotopic (exact) mass is 268 g/mol. The molecule has 1 aliphatic carbocycles. The maximum absolute atomic E-state index is 6.56. The van der Waals surface area contributed by atoms with Crippen molar-refractivity contribution in [3.63, 3.8) is 0 Å². The minimum Gasteiger partial charge on any atom is -0.391 e. The van der Waals surface area contributed by atoms with Crippen molar-refractivity contribution >= 4 is 8.56 Å². The van der Waals surface area contributed by atoms with Crippen LogP contribution < -0.4 is 0 Å². The largest absolute Gasteiger partial charge is 0.391 e. The van der Waals surface area contributed by atoms with Gasteiger partial charge in [0.2, 0.25) is 0 Å². The van der Waals surface area contributed by atoms with Crippen molar-refractivity contribution in [2.75, 3.05) is 0 Å². The molecule has 2 rings (SSSR count). The van der Waals surface area contributed by atoms with Gasteiger partial charge in [-0.15, -0.1) is 0 Å². The molecule has 104 valence electrons. The van der Waals surface area contributed by atoms with Crippen LogP contribution in [0, 0.1) is 5.41 Å². The highest BCUT2D eigenvalue weighted by Crippen LogP contribution is 2.53. The predicted molar refractivity (Wildman–Crippen MR) is 77.9 cm³/mol. The Hall–Kier alpha value is -0.123. The van der Waals surface area contributed by atoms with Crippen LogP contribution in [-0.2, 0) is 8.85 Å². The highest BCUT2D eigenvalue weighted by molar-refractivity contribution is 6.64. The predicted octanol–water partition coefficient (Wildman–Crippen LogP) is 4.41. The smallest absolute Gasteiger partial charge is 0.332 e. The molecule has 0 unspecified atom stereocenters. The first-order valence-electron chi connectivity index (χ1n) is 7.25. The fourth-order valence-electron chi connectivity index (χ4n) is 3.85. The van der Waals surface area contributed by atoms with Crippen molar-refractivity contribution in [1.82, 2.24) is 0 Å². The van der Waals surface area contributed by atoms with Crippen LogP contribution in [0.3, 0.4) is 0 Å². The molecule has 1 heterocycles. The Morgan fingerprint density at radius 1 is 1.22 bits per heavy atom. The maximum atomic E-state index is 6.56. The Bertz CT molecular complexity index is 348. The Kier molecular flexibility index (Phi) is 3.54. The lowest BCUT2D eigenvalue weighted by Crippen LogP contribution is -2.66. The van der Waals surface area contributed by atoms with Gasteiger partial charge in [0, 0.05) is 5.41 Å². The van der Waals surface area contributed by atoms with Gasteiger partial charge in [0.25, 0.3) is 0 Å². The number of hydrogen-bond acceptors (Lipinski definition) is 2. The summed E-state index contributed by atoms with van der Waals surface area (Å²) < 4.78 is 12.9. The lowest BCUT2D eigenvalue weighted by atomic mass is 9.63. The lowest BCUT2D eigenvalue weighted by molar-refractivity contribution is -0.158. The van der Waals surface area contributed by atoms with Crippen molar-refractivity contribution in [3.05, 3.63) is 12.2 Å². The summed E-state index contributed by atoms with van der Waals surface area (Å²) in [5, 5.41) is 0. The molecular formula is C15H28O2Si. The zero-order valence-corrected chi connectivity index (χ0v) is 13.6. The normalized spacial score (nSPS) is 38.6. The van der Waals surface area contributed by atoms with E-state index in [9.17, 15) is 0 Å². The van der Waals surface area contributed by atoms with Crippen molar-refractivity contribution in [1.29, 1.82) is 0 Å². The van der Waals surface area contributed by atoms with Crippen LogP contribution >= 0.6 is 0 Å². The van der Waals surface area contributed by atoms with E-state index in [-0.39, 0.29) is 11.0 Å². The second-order valence-corrected chi connectivity index (χ2v) is 10.3. The standard InChI is InChI=1S/C15H28O2Si/c1-12(2)15-11-9-7-8-10-13(14(15,3)4)16-18(5,6)17-15/h13H,1,7-11H2,2-6H3/t13-,15-/m0/s1.